The molecule has 0 radical (unpaired) electrons. The summed E-state index contributed by atoms with van der Waals surface area (Å²) in [5.41, 5.74) is 3.24. The fourth-order valence-electron chi connectivity index (χ4n) is 9.16. The van der Waals surface area contributed by atoms with Gasteiger partial charge in [-0.05, 0) is 78.3 Å². The second-order valence-electron chi connectivity index (χ2n) is 14.1. The van der Waals surface area contributed by atoms with Crippen LogP contribution in [0.4, 0.5) is 11.4 Å². The van der Waals surface area contributed by atoms with Gasteiger partial charge in [0.25, 0.3) is 11.8 Å². The molecule has 4 aliphatic rings. The first kappa shape index (κ1) is 36.6. The first-order valence-electron chi connectivity index (χ1n) is 17.6. The van der Waals surface area contributed by atoms with E-state index in [-0.39, 0.29) is 40.5 Å². The third kappa shape index (κ3) is 5.59. The zero-order valence-corrected chi connectivity index (χ0v) is 31.0. The highest BCUT2D eigenvalue weighted by Gasteiger charge is 2.70. The number of phenols is 1. The zero-order chi connectivity index (χ0) is 38.9. The van der Waals surface area contributed by atoms with Crippen molar-refractivity contribution in [3.05, 3.63) is 118 Å². The number of amides is 4. The van der Waals surface area contributed by atoms with Crippen LogP contribution in [0.25, 0.3) is 0 Å². The number of nitrogens with zero attached hydrogens (tertiary/aromatic N) is 2. The van der Waals surface area contributed by atoms with Crippen LogP contribution in [-0.2, 0) is 24.6 Å². The van der Waals surface area contributed by atoms with E-state index in [9.17, 15) is 29.5 Å². The molecular formula is C40H34BCl2N3O9. The molecule has 0 spiro atoms. The number of hydrogen-bond donors (Lipinski definition) is 4. The Kier molecular flexibility index (Phi) is 9.16. The van der Waals surface area contributed by atoms with E-state index in [4.69, 9.17) is 32.7 Å². The molecule has 55 heavy (non-hydrogen) atoms. The van der Waals surface area contributed by atoms with Crippen LogP contribution < -0.4 is 25.3 Å². The summed E-state index contributed by atoms with van der Waals surface area (Å²) in [7, 11) is 1.15. The fourth-order valence-corrected chi connectivity index (χ4v) is 9.61. The Balaban J connectivity index is 1.33. The maximum Gasteiger partial charge on any atom is 0.488 e. The summed E-state index contributed by atoms with van der Waals surface area (Å²) in [5.74, 6) is -6.05. The standard InChI is InChI=1S/C40H34BCl2N3O9/c1-54-24-9-6-20(7-10-24)40-30(37(49)46(39(40)51)44-32-15-8-22(42)17-31(32)43)19-29-26(35(40)27-12-11-25(55-2)18-33(27)47)13-14-28-34(29)38(50)45(36(28)48)23-5-3-4-21(16-23)41(52)53/h3-13,15-18,28-30,34-35,44,47,52-53H,14,19H2,1-2H3. The van der Waals surface area contributed by atoms with E-state index in [1.807, 2.05) is 6.08 Å². The first-order valence-corrected chi connectivity index (χ1v) is 18.3. The summed E-state index contributed by atoms with van der Waals surface area (Å²) in [5, 5.41) is 32.9. The fraction of sp³-hybridized carbons (Fsp3) is 0.250. The van der Waals surface area contributed by atoms with Gasteiger partial charge in [-0.1, -0.05) is 65.2 Å². The summed E-state index contributed by atoms with van der Waals surface area (Å²) in [6.45, 7) is 0. The lowest BCUT2D eigenvalue weighted by atomic mass is 9.49. The van der Waals surface area contributed by atoms with Crippen molar-refractivity contribution >= 4 is 70.8 Å². The SMILES string of the molecule is COc1ccc(C23C(=O)N(Nc4ccc(Cl)cc4Cl)C(=O)C2CC2C(=CCC4C(=O)N(c5cccc(B(O)O)c5)C(=O)C42)C3c2ccc(OC)cc2O)cc1. The Morgan fingerprint density at radius 1 is 0.836 bits per heavy atom. The van der Waals surface area contributed by atoms with E-state index in [2.05, 4.69) is 5.43 Å². The molecule has 2 aliphatic carbocycles. The van der Waals surface area contributed by atoms with Crippen molar-refractivity contribution in [1.82, 2.24) is 5.01 Å². The normalized spacial score (nSPS) is 25.6. The lowest BCUT2D eigenvalue weighted by molar-refractivity contribution is -0.138. The minimum absolute atomic E-state index is 0.00576. The Hall–Kier alpha value is -5.34. The van der Waals surface area contributed by atoms with Crippen molar-refractivity contribution < 1.29 is 43.8 Å². The number of fused-ring (bicyclic) bond motifs is 4. The number of rotatable bonds is 8. The average Bonchev–Trinajstić information content (AvgIpc) is 3.56. The summed E-state index contributed by atoms with van der Waals surface area (Å²) in [4.78, 5) is 60.1. The Morgan fingerprint density at radius 2 is 1.56 bits per heavy atom. The second kappa shape index (κ2) is 13.8. The quantitative estimate of drug-likeness (QED) is 0.113. The smallest absolute Gasteiger partial charge is 0.488 e. The van der Waals surface area contributed by atoms with Gasteiger partial charge in [-0.15, -0.1) is 0 Å². The molecule has 2 saturated heterocycles. The molecule has 8 rings (SSSR count). The van der Waals surface area contributed by atoms with Crippen LogP contribution in [0.3, 0.4) is 0 Å². The molecule has 6 unspecified atom stereocenters. The Labute approximate surface area is 326 Å². The van der Waals surface area contributed by atoms with Crippen molar-refractivity contribution in [1.29, 1.82) is 0 Å². The molecule has 0 bridgehead atoms. The molecule has 12 nitrogen and oxygen atoms in total. The number of anilines is 2. The summed E-state index contributed by atoms with van der Waals surface area (Å²) >= 11 is 12.7. The number of imide groups is 2. The number of ether oxygens (including phenoxy) is 2. The summed E-state index contributed by atoms with van der Waals surface area (Å²) in [6.07, 6.45) is 2.01. The molecule has 4 aromatic carbocycles. The van der Waals surface area contributed by atoms with Gasteiger partial charge in [0.05, 0.1) is 53.8 Å². The highest BCUT2D eigenvalue weighted by Crippen LogP contribution is 2.65. The van der Waals surface area contributed by atoms with Gasteiger partial charge in [-0.3, -0.25) is 29.5 Å². The van der Waals surface area contributed by atoms with Gasteiger partial charge in [0.15, 0.2) is 0 Å². The molecule has 3 fully saturated rings. The molecule has 4 N–H and O–H groups in total. The molecule has 15 heteroatoms. The monoisotopic (exact) mass is 781 g/mol. The van der Waals surface area contributed by atoms with Crippen molar-refractivity contribution in [2.24, 2.45) is 23.7 Å². The molecule has 2 aliphatic heterocycles. The van der Waals surface area contributed by atoms with Gasteiger partial charge in [-0.2, -0.15) is 5.01 Å². The maximum atomic E-state index is 15.4. The highest BCUT2D eigenvalue weighted by atomic mass is 35.5. The van der Waals surface area contributed by atoms with Crippen LogP contribution in [0.1, 0.15) is 29.9 Å². The van der Waals surface area contributed by atoms with E-state index >= 15 is 4.79 Å². The number of aromatic hydroxyl groups is 1. The lowest BCUT2D eigenvalue weighted by Gasteiger charge is -2.50. The van der Waals surface area contributed by atoms with Crippen LogP contribution in [0.15, 0.2) is 96.6 Å². The minimum Gasteiger partial charge on any atom is -0.508 e. The number of phenolic OH excluding ortho intramolecular Hbond substituents is 1. The number of benzene rings is 4. The third-order valence-corrected chi connectivity index (χ3v) is 12.1. The van der Waals surface area contributed by atoms with Crippen LogP contribution in [-0.4, -0.2) is 65.1 Å². The van der Waals surface area contributed by atoms with Gasteiger partial charge in [0.2, 0.25) is 11.8 Å². The Bertz CT molecular complexity index is 2300. The number of carbonyl (C=O) groups excluding carboxylic acids is 4. The predicted octanol–water partition coefficient (Wildman–Crippen LogP) is 4.59. The van der Waals surface area contributed by atoms with Crippen LogP contribution >= 0.6 is 23.2 Å². The van der Waals surface area contributed by atoms with Crippen molar-refractivity contribution in [2.75, 3.05) is 24.5 Å². The van der Waals surface area contributed by atoms with Gasteiger partial charge in [0, 0.05) is 22.6 Å². The largest absolute Gasteiger partial charge is 0.508 e. The van der Waals surface area contributed by atoms with Gasteiger partial charge < -0.3 is 24.6 Å². The number of hydrogen-bond acceptors (Lipinski definition) is 10. The first-order chi connectivity index (χ1) is 26.4. The van der Waals surface area contributed by atoms with E-state index < -0.39 is 65.8 Å². The van der Waals surface area contributed by atoms with Crippen LogP contribution in [0, 0.1) is 23.7 Å². The second-order valence-corrected chi connectivity index (χ2v) is 15.0. The van der Waals surface area contributed by atoms with E-state index in [0.717, 1.165) is 9.91 Å². The number of carbonyl (C=O) groups is 4. The van der Waals surface area contributed by atoms with E-state index in [1.54, 1.807) is 54.6 Å². The van der Waals surface area contributed by atoms with Gasteiger partial charge >= 0.3 is 7.12 Å². The van der Waals surface area contributed by atoms with Gasteiger partial charge in [-0.25, -0.2) is 0 Å². The zero-order valence-electron chi connectivity index (χ0n) is 29.5. The number of methoxy groups -OCH3 is 2. The molecule has 2 heterocycles. The summed E-state index contributed by atoms with van der Waals surface area (Å²) in [6, 6.07) is 22.1. The van der Waals surface area contributed by atoms with Crippen LogP contribution in [0.5, 0.6) is 17.2 Å². The molecule has 0 aromatic heterocycles. The highest BCUT2D eigenvalue weighted by molar-refractivity contribution is 6.58. The number of hydrazine groups is 1. The third-order valence-electron chi connectivity index (χ3n) is 11.6. The van der Waals surface area contributed by atoms with E-state index in [0.29, 0.717) is 33.2 Å². The molecule has 6 atom stereocenters. The number of nitrogens with one attached hydrogen (secondary N) is 1. The predicted molar refractivity (Wildman–Crippen MR) is 204 cm³/mol. The summed E-state index contributed by atoms with van der Waals surface area (Å²) < 4.78 is 10.8. The van der Waals surface area contributed by atoms with Crippen molar-refractivity contribution in [3.8, 4) is 17.2 Å². The number of halogens is 2. The number of allylic oxidation sites excluding steroid dienone is 2. The molecule has 4 aromatic rings. The van der Waals surface area contributed by atoms with Crippen LogP contribution in [0.2, 0.25) is 10.0 Å². The molecule has 280 valence electrons. The lowest BCUT2D eigenvalue weighted by Crippen LogP contribution is -2.53. The van der Waals surface area contributed by atoms with E-state index in [1.165, 1.54) is 44.6 Å². The Morgan fingerprint density at radius 3 is 2.24 bits per heavy atom. The maximum absolute atomic E-state index is 15.4. The van der Waals surface area contributed by atoms with Crippen molar-refractivity contribution in [3.63, 3.8) is 0 Å². The molecule has 4 amide bonds. The van der Waals surface area contributed by atoms with Crippen molar-refractivity contribution in [2.45, 2.75) is 24.2 Å². The van der Waals surface area contributed by atoms with Gasteiger partial charge in [0.1, 0.15) is 17.2 Å². The molecular weight excluding hydrogens is 748 g/mol. The topological polar surface area (TPSA) is 166 Å². The average molecular weight is 782 g/mol. The molecule has 1 saturated carbocycles. The minimum atomic E-state index is -1.82.